The second-order valence-corrected chi connectivity index (χ2v) is 6.46. The lowest BCUT2D eigenvalue weighted by Gasteiger charge is -2.21. The van der Waals surface area contributed by atoms with Gasteiger partial charge >= 0.3 is 0 Å². The van der Waals surface area contributed by atoms with Crippen LogP contribution in [0.1, 0.15) is 18.4 Å². The fourth-order valence-electron chi connectivity index (χ4n) is 1.91. The molecule has 0 spiro atoms. The van der Waals surface area contributed by atoms with Crippen LogP contribution in [-0.4, -0.2) is 37.0 Å². The van der Waals surface area contributed by atoms with E-state index in [9.17, 15) is 17.2 Å². The minimum atomic E-state index is -4.11. The van der Waals surface area contributed by atoms with Gasteiger partial charge in [-0.05, 0) is 37.5 Å². The predicted molar refractivity (Wildman–Crippen MR) is 65.1 cm³/mol. The summed E-state index contributed by atoms with van der Waals surface area (Å²) in [5.74, 6) is -1.73. The monoisotopic (exact) mass is 291 g/mol. The van der Waals surface area contributed by atoms with E-state index in [1.54, 1.807) is 0 Å². The maximum absolute atomic E-state index is 13.8. The second kappa shape index (κ2) is 5.15. The van der Waals surface area contributed by atoms with Crippen LogP contribution in [-0.2, 0) is 10.0 Å². The maximum Gasteiger partial charge on any atom is 0.246 e. The van der Waals surface area contributed by atoms with Crippen molar-refractivity contribution < 1.29 is 22.3 Å². The first-order valence-electron chi connectivity index (χ1n) is 5.96. The van der Waals surface area contributed by atoms with Crippen molar-refractivity contribution in [3.63, 3.8) is 0 Å². The first-order valence-corrected chi connectivity index (χ1v) is 7.40. The van der Waals surface area contributed by atoms with Crippen LogP contribution in [0.2, 0.25) is 0 Å². The highest BCUT2D eigenvalue weighted by atomic mass is 32.2. The maximum atomic E-state index is 13.8. The second-order valence-electron chi connectivity index (χ2n) is 4.60. The van der Waals surface area contributed by atoms with E-state index in [1.807, 2.05) is 0 Å². The molecule has 1 N–H and O–H groups in total. The Labute approximate surface area is 110 Å². The van der Waals surface area contributed by atoms with E-state index in [4.69, 9.17) is 5.11 Å². The molecule has 0 radical (unpaired) electrons. The third kappa shape index (κ3) is 2.77. The number of aryl methyl sites for hydroxylation is 1. The van der Waals surface area contributed by atoms with Crippen LogP contribution in [0.4, 0.5) is 8.78 Å². The lowest BCUT2D eigenvalue weighted by atomic mass is 10.2. The standard InChI is InChI=1S/C12H15F2NO3S/c1-8-6-11(14)12(7-10(8)13)19(17,18)15(4-5-16)9-2-3-9/h6-7,9,16H,2-5H2,1H3. The summed E-state index contributed by atoms with van der Waals surface area (Å²) in [5.41, 5.74) is 0.0524. The van der Waals surface area contributed by atoms with Gasteiger partial charge in [0.05, 0.1) is 6.61 Å². The van der Waals surface area contributed by atoms with Gasteiger partial charge in [0, 0.05) is 12.6 Å². The Kier molecular flexibility index (Phi) is 3.89. The van der Waals surface area contributed by atoms with Crippen LogP contribution >= 0.6 is 0 Å². The van der Waals surface area contributed by atoms with Crippen molar-refractivity contribution in [1.29, 1.82) is 0 Å². The van der Waals surface area contributed by atoms with Crippen LogP contribution in [0, 0.1) is 18.6 Å². The van der Waals surface area contributed by atoms with E-state index in [-0.39, 0.29) is 24.8 Å². The molecule has 106 valence electrons. The van der Waals surface area contributed by atoms with Gasteiger partial charge in [-0.1, -0.05) is 0 Å². The molecular formula is C12H15F2NO3S. The quantitative estimate of drug-likeness (QED) is 0.892. The smallest absolute Gasteiger partial charge is 0.246 e. The van der Waals surface area contributed by atoms with Gasteiger partial charge in [-0.2, -0.15) is 4.31 Å². The van der Waals surface area contributed by atoms with Crippen LogP contribution in [0.15, 0.2) is 17.0 Å². The molecule has 1 aromatic carbocycles. The van der Waals surface area contributed by atoms with Crippen molar-refractivity contribution in [1.82, 2.24) is 4.31 Å². The number of hydrogen-bond acceptors (Lipinski definition) is 3. The highest BCUT2D eigenvalue weighted by molar-refractivity contribution is 7.89. The summed E-state index contributed by atoms with van der Waals surface area (Å²) in [5, 5.41) is 8.92. The number of rotatable bonds is 5. The molecule has 0 bridgehead atoms. The van der Waals surface area contributed by atoms with Gasteiger partial charge in [0.2, 0.25) is 10.0 Å². The largest absolute Gasteiger partial charge is 0.395 e. The summed E-state index contributed by atoms with van der Waals surface area (Å²) in [6, 6.07) is 1.35. The molecule has 1 aliphatic carbocycles. The van der Waals surface area contributed by atoms with Gasteiger partial charge in [-0.3, -0.25) is 0 Å². The number of aliphatic hydroxyl groups excluding tert-OH is 1. The summed E-state index contributed by atoms with van der Waals surface area (Å²) in [7, 11) is -4.11. The highest BCUT2D eigenvalue weighted by Crippen LogP contribution is 2.33. The molecule has 1 fully saturated rings. The number of aliphatic hydroxyl groups is 1. The first kappa shape index (κ1) is 14.4. The Hall–Kier alpha value is -1.05. The van der Waals surface area contributed by atoms with Crippen molar-refractivity contribution in [2.24, 2.45) is 0 Å². The molecule has 7 heteroatoms. The van der Waals surface area contributed by atoms with E-state index >= 15 is 0 Å². The van der Waals surface area contributed by atoms with Gasteiger partial charge in [0.25, 0.3) is 0 Å². The summed E-state index contributed by atoms with van der Waals surface area (Å²) in [6.45, 7) is 0.898. The normalized spacial score (nSPS) is 16.1. The van der Waals surface area contributed by atoms with Crippen molar-refractivity contribution >= 4 is 10.0 Å². The molecule has 0 atom stereocenters. The Morgan fingerprint density at radius 3 is 2.47 bits per heavy atom. The number of halogens is 2. The zero-order chi connectivity index (χ0) is 14.2. The molecule has 0 heterocycles. The lowest BCUT2D eigenvalue weighted by Crippen LogP contribution is -2.36. The van der Waals surface area contributed by atoms with E-state index in [2.05, 4.69) is 0 Å². The fraction of sp³-hybridized carbons (Fsp3) is 0.500. The summed E-state index contributed by atoms with van der Waals surface area (Å²) in [4.78, 5) is -0.670. The molecule has 0 aliphatic heterocycles. The number of sulfonamides is 1. The van der Waals surface area contributed by atoms with Gasteiger partial charge < -0.3 is 5.11 Å². The topological polar surface area (TPSA) is 57.6 Å². The number of benzene rings is 1. The van der Waals surface area contributed by atoms with Crippen molar-refractivity contribution in [3.05, 3.63) is 29.3 Å². The van der Waals surface area contributed by atoms with Gasteiger partial charge in [-0.25, -0.2) is 17.2 Å². The van der Waals surface area contributed by atoms with E-state index in [1.165, 1.54) is 6.92 Å². The average Bonchev–Trinajstić information content (AvgIpc) is 3.14. The molecule has 0 unspecified atom stereocenters. The molecule has 0 saturated heterocycles. The molecule has 0 amide bonds. The summed E-state index contributed by atoms with van der Waals surface area (Å²) in [6.07, 6.45) is 1.35. The highest BCUT2D eigenvalue weighted by Gasteiger charge is 2.39. The molecule has 1 aliphatic rings. The van der Waals surface area contributed by atoms with Crippen molar-refractivity contribution in [3.8, 4) is 0 Å². The van der Waals surface area contributed by atoms with Crippen LogP contribution in [0.25, 0.3) is 0 Å². The molecule has 2 rings (SSSR count). The molecule has 1 saturated carbocycles. The van der Waals surface area contributed by atoms with E-state index in [0.29, 0.717) is 18.9 Å². The van der Waals surface area contributed by atoms with Crippen LogP contribution in [0.3, 0.4) is 0 Å². The minimum Gasteiger partial charge on any atom is -0.395 e. The third-order valence-corrected chi connectivity index (χ3v) is 5.04. The Balaban J connectivity index is 2.46. The lowest BCUT2D eigenvalue weighted by molar-refractivity contribution is 0.250. The van der Waals surface area contributed by atoms with E-state index in [0.717, 1.165) is 10.4 Å². The summed E-state index contributed by atoms with van der Waals surface area (Å²) < 4.78 is 52.9. The Morgan fingerprint density at radius 2 is 1.95 bits per heavy atom. The fourth-order valence-corrected chi connectivity index (χ4v) is 3.65. The Bertz CT molecular complexity index is 585. The number of nitrogens with zero attached hydrogens (tertiary/aromatic N) is 1. The minimum absolute atomic E-state index is 0.0524. The first-order chi connectivity index (χ1) is 8.87. The molecule has 1 aromatic rings. The predicted octanol–water partition coefficient (Wildman–Crippen LogP) is 1.42. The molecule has 4 nitrogen and oxygen atoms in total. The van der Waals surface area contributed by atoms with Gasteiger partial charge in [0.1, 0.15) is 16.5 Å². The Morgan fingerprint density at radius 1 is 1.32 bits per heavy atom. The molecule has 19 heavy (non-hydrogen) atoms. The average molecular weight is 291 g/mol. The zero-order valence-electron chi connectivity index (χ0n) is 10.4. The zero-order valence-corrected chi connectivity index (χ0v) is 11.3. The van der Waals surface area contributed by atoms with Crippen molar-refractivity contribution in [2.75, 3.05) is 13.2 Å². The van der Waals surface area contributed by atoms with Crippen LogP contribution in [0.5, 0.6) is 0 Å². The summed E-state index contributed by atoms with van der Waals surface area (Å²) >= 11 is 0. The van der Waals surface area contributed by atoms with Crippen LogP contribution < -0.4 is 0 Å². The molecule has 0 aromatic heterocycles. The van der Waals surface area contributed by atoms with Gasteiger partial charge in [0.15, 0.2) is 0 Å². The van der Waals surface area contributed by atoms with Gasteiger partial charge in [-0.15, -0.1) is 0 Å². The molecular weight excluding hydrogens is 276 g/mol. The third-order valence-electron chi connectivity index (χ3n) is 3.07. The number of hydrogen-bond donors (Lipinski definition) is 1. The van der Waals surface area contributed by atoms with E-state index < -0.39 is 26.6 Å². The SMILES string of the molecule is Cc1cc(F)c(S(=O)(=O)N(CCO)C2CC2)cc1F. The van der Waals surface area contributed by atoms with Crippen molar-refractivity contribution in [2.45, 2.75) is 30.7 Å².